The normalized spacial score (nSPS) is 10.2. The van der Waals surface area contributed by atoms with E-state index in [1.54, 1.807) is 6.20 Å². The fourth-order valence-corrected chi connectivity index (χ4v) is 1.71. The first kappa shape index (κ1) is 14.2. The Morgan fingerprint density at radius 2 is 1.90 bits per heavy atom. The van der Waals surface area contributed by atoms with Crippen LogP contribution in [0, 0.1) is 0 Å². The van der Waals surface area contributed by atoms with Gasteiger partial charge in [-0.1, -0.05) is 18.2 Å². The lowest BCUT2D eigenvalue weighted by molar-refractivity contribution is -0.121. The summed E-state index contributed by atoms with van der Waals surface area (Å²) in [6.07, 6.45) is 3.58. The van der Waals surface area contributed by atoms with E-state index < -0.39 is 0 Å². The average Bonchev–Trinajstić information content (AvgIpc) is 2.48. The summed E-state index contributed by atoms with van der Waals surface area (Å²) in [4.78, 5) is 14.8. The smallest absolute Gasteiger partial charge is 0.155 e. The predicted octanol–water partition coefficient (Wildman–Crippen LogP) is 2.73. The molecule has 0 saturated carbocycles. The summed E-state index contributed by atoms with van der Waals surface area (Å²) in [5.74, 6) is 0.801. The minimum absolute atomic E-state index is 0.0193. The average molecular weight is 271 g/mol. The first-order chi connectivity index (χ1) is 9.75. The monoisotopic (exact) mass is 271 g/mol. The molecule has 0 fully saturated rings. The van der Waals surface area contributed by atoms with Crippen LogP contribution in [0.5, 0.6) is 5.75 Å². The molecular weight excluding hydrogens is 254 g/mol. The Hall–Kier alpha value is -2.20. The number of Topliss-reactive ketones (excluding diaryl/α,β-unsaturated/α-hetero) is 1. The number of pyridine rings is 1. The van der Waals surface area contributed by atoms with Crippen molar-refractivity contribution >= 4 is 5.78 Å². The number of aromatic nitrogens is 1. The van der Waals surface area contributed by atoms with Gasteiger partial charge in [0.1, 0.15) is 19.0 Å². The fourth-order valence-electron chi connectivity index (χ4n) is 1.71. The third kappa shape index (κ3) is 4.48. The molecule has 2 aromatic rings. The van der Waals surface area contributed by atoms with E-state index in [0.717, 1.165) is 16.9 Å². The first-order valence-electron chi connectivity index (χ1n) is 6.46. The number of hydrogen-bond acceptors (Lipinski definition) is 4. The van der Waals surface area contributed by atoms with Crippen molar-refractivity contribution in [2.24, 2.45) is 0 Å². The maximum atomic E-state index is 10.7. The van der Waals surface area contributed by atoms with Crippen molar-refractivity contribution in [1.29, 1.82) is 0 Å². The number of benzene rings is 1. The maximum Gasteiger partial charge on any atom is 0.155 e. The van der Waals surface area contributed by atoms with Crippen LogP contribution in [-0.2, 0) is 9.53 Å². The highest BCUT2D eigenvalue weighted by Crippen LogP contribution is 2.21. The quantitative estimate of drug-likeness (QED) is 0.726. The predicted molar refractivity (Wildman–Crippen MR) is 76.7 cm³/mol. The number of carbonyl (C=O) groups is 1. The summed E-state index contributed by atoms with van der Waals surface area (Å²) < 4.78 is 10.7. The number of nitrogens with zero attached hydrogens (tertiary/aromatic N) is 1. The van der Waals surface area contributed by atoms with Crippen LogP contribution < -0.4 is 4.74 Å². The molecule has 0 aliphatic heterocycles. The van der Waals surface area contributed by atoms with E-state index in [0.29, 0.717) is 13.2 Å². The Balaban J connectivity index is 1.82. The van der Waals surface area contributed by atoms with E-state index in [1.807, 2.05) is 42.6 Å². The number of ether oxygens (including phenoxy) is 2. The van der Waals surface area contributed by atoms with Crippen molar-refractivity contribution in [3.63, 3.8) is 0 Å². The molecule has 1 aromatic heterocycles. The van der Waals surface area contributed by atoms with E-state index in [9.17, 15) is 4.79 Å². The summed E-state index contributed by atoms with van der Waals surface area (Å²) in [5.41, 5.74) is 2.17. The molecule has 0 aliphatic rings. The van der Waals surface area contributed by atoms with Crippen LogP contribution in [-0.4, -0.2) is 30.6 Å². The van der Waals surface area contributed by atoms with Gasteiger partial charge in [-0.05, 0) is 36.2 Å². The minimum atomic E-state index is 0.0193. The highest BCUT2D eigenvalue weighted by Gasteiger charge is 1.99. The van der Waals surface area contributed by atoms with Gasteiger partial charge in [0.15, 0.2) is 5.78 Å². The summed E-state index contributed by atoms with van der Waals surface area (Å²) >= 11 is 0. The van der Waals surface area contributed by atoms with Gasteiger partial charge in [-0.2, -0.15) is 0 Å². The number of rotatable bonds is 7. The van der Waals surface area contributed by atoms with Crippen molar-refractivity contribution in [3.8, 4) is 16.9 Å². The second-order valence-corrected chi connectivity index (χ2v) is 4.37. The molecule has 0 aliphatic carbocycles. The molecular formula is C16H17NO3. The molecule has 1 aromatic carbocycles. The van der Waals surface area contributed by atoms with Crippen LogP contribution in [0.25, 0.3) is 11.1 Å². The van der Waals surface area contributed by atoms with E-state index in [4.69, 9.17) is 9.47 Å². The molecule has 0 bridgehead atoms. The summed E-state index contributed by atoms with van der Waals surface area (Å²) in [7, 11) is 0. The van der Waals surface area contributed by atoms with Crippen LogP contribution in [0.2, 0.25) is 0 Å². The SMILES string of the molecule is CC(=O)COCCOc1ccc(-c2cccnc2)cc1. The molecule has 4 nitrogen and oxygen atoms in total. The first-order valence-corrected chi connectivity index (χ1v) is 6.46. The summed E-state index contributed by atoms with van der Waals surface area (Å²) in [6, 6.07) is 11.7. The van der Waals surface area contributed by atoms with Crippen LogP contribution in [0.1, 0.15) is 6.92 Å². The molecule has 20 heavy (non-hydrogen) atoms. The second-order valence-electron chi connectivity index (χ2n) is 4.37. The zero-order valence-electron chi connectivity index (χ0n) is 11.4. The molecule has 0 N–H and O–H groups in total. The molecule has 4 heteroatoms. The lowest BCUT2D eigenvalue weighted by atomic mass is 10.1. The third-order valence-corrected chi connectivity index (χ3v) is 2.65. The fraction of sp³-hybridized carbons (Fsp3) is 0.250. The molecule has 0 unspecified atom stereocenters. The lowest BCUT2D eigenvalue weighted by Crippen LogP contribution is -2.11. The van der Waals surface area contributed by atoms with Crippen molar-refractivity contribution in [2.75, 3.05) is 19.8 Å². The number of hydrogen-bond donors (Lipinski definition) is 0. The zero-order chi connectivity index (χ0) is 14.2. The second kappa shape index (κ2) is 7.40. The molecule has 2 rings (SSSR count). The topological polar surface area (TPSA) is 48.4 Å². The molecule has 0 saturated heterocycles. The molecule has 0 spiro atoms. The standard InChI is InChI=1S/C16H17NO3/c1-13(18)12-19-9-10-20-16-6-4-14(5-7-16)15-3-2-8-17-11-15/h2-8,11H,9-10,12H2,1H3. The van der Waals surface area contributed by atoms with Gasteiger partial charge in [0.2, 0.25) is 0 Å². The van der Waals surface area contributed by atoms with Gasteiger partial charge in [-0.15, -0.1) is 0 Å². The summed E-state index contributed by atoms with van der Waals surface area (Å²) in [6.45, 7) is 2.48. The van der Waals surface area contributed by atoms with Crippen molar-refractivity contribution in [2.45, 2.75) is 6.92 Å². The van der Waals surface area contributed by atoms with E-state index >= 15 is 0 Å². The van der Waals surface area contributed by atoms with E-state index in [2.05, 4.69) is 4.98 Å². The van der Waals surface area contributed by atoms with Crippen LogP contribution in [0.15, 0.2) is 48.8 Å². The highest BCUT2D eigenvalue weighted by atomic mass is 16.5. The number of carbonyl (C=O) groups excluding carboxylic acids is 1. The minimum Gasteiger partial charge on any atom is -0.491 e. The van der Waals surface area contributed by atoms with Gasteiger partial charge in [-0.3, -0.25) is 9.78 Å². The van der Waals surface area contributed by atoms with Crippen LogP contribution >= 0.6 is 0 Å². The van der Waals surface area contributed by atoms with E-state index in [1.165, 1.54) is 6.92 Å². The molecule has 0 radical (unpaired) electrons. The zero-order valence-corrected chi connectivity index (χ0v) is 11.4. The Morgan fingerprint density at radius 1 is 1.10 bits per heavy atom. The van der Waals surface area contributed by atoms with Gasteiger partial charge in [0.05, 0.1) is 6.61 Å². The van der Waals surface area contributed by atoms with Crippen molar-refractivity contribution in [3.05, 3.63) is 48.8 Å². The van der Waals surface area contributed by atoms with Crippen LogP contribution in [0.4, 0.5) is 0 Å². The third-order valence-electron chi connectivity index (χ3n) is 2.65. The van der Waals surface area contributed by atoms with Crippen molar-refractivity contribution < 1.29 is 14.3 Å². The van der Waals surface area contributed by atoms with E-state index in [-0.39, 0.29) is 12.4 Å². The van der Waals surface area contributed by atoms with Crippen LogP contribution in [0.3, 0.4) is 0 Å². The van der Waals surface area contributed by atoms with Gasteiger partial charge >= 0.3 is 0 Å². The lowest BCUT2D eigenvalue weighted by Gasteiger charge is -2.07. The molecule has 0 atom stereocenters. The largest absolute Gasteiger partial charge is 0.491 e. The Kier molecular flexibility index (Phi) is 5.26. The maximum absolute atomic E-state index is 10.7. The highest BCUT2D eigenvalue weighted by molar-refractivity contribution is 5.76. The van der Waals surface area contributed by atoms with Gasteiger partial charge in [0.25, 0.3) is 0 Å². The molecule has 104 valence electrons. The van der Waals surface area contributed by atoms with Crippen molar-refractivity contribution in [1.82, 2.24) is 4.98 Å². The molecule has 1 heterocycles. The summed E-state index contributed by atoms with van der Waals surface area (Å²) in [5, 5.41) is 0. The Morgan fingerprint density at radius 3 is 2.55 bits per heavy atom. The van der Waals surface area contributed by atoms with Gasteiger partial charge < -0.3 is 9.47 Å². The molecule has 0 amide bonds. The van der Waals surface area contributed by atoms with Gasteiger partial charge in [0, 0.05) is 12.4 Å². The Bertz CT molecular complexity index is 537. The Labute approximate surface area is 118 Å². The van der Waals surface area contributed by atoms with Gasteiger partial charge in [-0.25, -0.2) is 0 Å². The number of ketones is 1.